The van der Waals surface area contributed by atoms with Crippen LogP contribution in [0.2, 0.25) is 0 Å². The number of fused-ring (bicyclic) bond motifs is 1. The first-order valence-electron chi connectivity index (χ1n) is 17.6. The second-order valence-corrected chi connectivity index (χ2v) is 18.2. The van der Waals surface area contributed by atoms with Gasteiger partial charge in [-0.25, -0.2) is 13.2 Å². The fraction of sp³-hybridized carbons (Fsp3) is 0.735. The van der Waals surface area contributed by atoms with Crippen LogP contribution in [0.3, 0.4) is 0 Å². The summed E-state index contributed by atoms with van der Waals surface area (Å²) >= 11 is 1.41. The summed E-state index contributed by atoms with van der Waals surface area (Å²) < 4.78 is 28.1. The Morgan fingerprint density at radius 2 is 1.73 bits per heavy atom. The smallest absolute Gasteiger partial charge is 0.315 e. The van der Waals surface area contributed by atoms with Gasteiger partial charge in [0.2, 0.25) is 27.6 Å². The van der Waals surface area contributed by atoms with Gasteiger partial charge in [-0.05, 0) is 54.4 Å². The van der Waals surface area contributed by atoms with Crippen molar-refractivity contribution in [3.05, 3.63) is 16.3 Å². The van der Waals surface area contributed by atoms with E-state index in [1.54, 1.807) is 11.4 Å². The third-order valence-corrected chi connectivity index (χ3v) is 13.6. The number of nitrogens with zero attached hydrogens (tertiary/aromatic N) is 2. The molecule has 0 spiro atoms. The molecule has 1 aromatic heterocycles. The topological polar surface area (TPSA) is 174 Å². The van der Waals surface area contributed by atoms with Crippen molar-refractivity contribution in [1.29, 1.82) is 0 Å². The van der Waals surface area contributed by atoms with E-state index >= 15 is 0 Å². The zero-order chi connectivity index (χ0) is 35.7. The van der Waals surface area contributed by atoms with Gasteiger partial charge in [0.05, 0.1) is 16.5 Å². The molecule has 5 amide bonds. The van der Waals surface area contributed by atoms with Gasteiger partial charge >= 0.3 is 6.03 Å². The lowest BCUT2D eigenvalue weighted by Crippen LogP contribution is -2.64. The maximum atomic E-state index is 14.4. The van der Waals surface area contributed by atoms with Crippen LogP contribution in [0.25, 0.3) is 0 Å². The highest BCUT2D eigenvalue weighted by Crippen LogP contribution is 2.38. The number of urea groups is 1. The second kappa shape index (κ2) is 14.7. The molecule has 3 heterocycles. The number of Topliss-reactive ketones (excluding diaryl/α,β-unsaturated/α-hetero) is 1. The molecule has 5 rings (SSSR count). The molecule has 13 nitrogen and oxygen atoms in total. The Kier molecular flexibility index (Phi) is 11.1. The highest BCUT2D eigenvalue weighted by atomic mass is 32.2. The van der Waals surface area contributed by atoms with Gasteiger partial charge < -0.3 is 26.2 Å². The maximum absolute atomic E-state index is 14.4. The van der Waals surface area contributed by atoms with E-state index in [-0.39, 0.29) is 24.9 Å². The average molecular weight is 721 g/mol. The van der Waals surface area contributed by atoms with Gasteiger partial charge in [0.25, 0.3) is 5.91 Å². The Bertz CT molecular complexity index is 1540. The van der Waals surface area contributed by atoms with E-state index < -0.39 is 68.6 Å². The van der Waals surface area contributed by atoms with Crippen LogP contribution in [0.15, 0.2) is 16.3 Å². The zero-order valence-electron chi connectivity index (χ0n) is 29.3. The molecule has 2 aliphatic carbocycles. The van der Waals surface area contributed by atoms with Gasteiger partial charge in [-0.2, -0.15) is 4.31 Å². The summed E-state index contributed by atoms with van der Waals surface area (Å²) in [6.45, 7) is 8.21. The molecule has 1 saturated heterocycles. The number of sulfonamides is 1. The zero-order valence-corrected chi connectivity index (χ0v) is 30.9. The molecule has 15 heteroatoms. The molecule has 0 radical (unpaired) electrons. The highest BCUT2D eigenvalue weighted by Gasteiger charge is 2.48. The minimum absolute atomic E-state index is 0.141. The number of hydrogen-bond acceptors (Lipinski definition) is 8. The van der Waals surface area contributed by atoms with Crippen molar-refractivity contribution >= 4 is 50.9 Å². The van der Waals surface area contributed by atoms with Crippen molar-refractivity contribution in [2.75, 3.05) is 20.1 Å². The molecular weight excluding hydrogens is 669 g/mol. The van der Waals surface area contributed by atoms with Crippen molar-refractivity contribution < 1.29 is 32.4 Å². The molecule has 1 unspecified atom stereocenters. The van der Waals surface area contributed by atoms with E-state index in [0.29, 0.717) is 43.5 Å². The molecule has 0 bridgehead atoms. The summed E-state index contributed by atoms with van der Waals surface area (Å²) in [6, 6.07) is -1.78. The van der Waals surface area contributed by atoms with Gasteiger partial charge in [0, 0.05) is 31.6 Å². The number of amides is 5. The minimum Gasteiger partial charge on any atom is -0.353 e. The SMILES string of the molecule is CC[C@H]1CCN(C(=O)[C@@H](NC(=O)NC2(CN3Cc4sccc4S3(=O)=O)CCCCC2)C(C)(C)C)[C@@H]1C(=O)NC(CC1CC1)C(=O)C(=O)NC. The van der Waals surface area contributed by atoms with Crippen LogP contribution in [-0.4, -0.2) is 91.0 Å². The Morgan fingerprint density at radius 3 is 2.33 bits per heavy atom. The van der Waals surface area contributed by atoms with Crippen molar-refractivity contribution in [3.8, 4) is 0 Å². The summed E-state index contributed by atoms with van der Waals surface area (Å²) in [5.41, 5.74) is -1.54. The number of carbonyl (C=O) groups is 5. The first-order valence-corrected chi connectivity index (χ1v) is 19.9. The lowest BCUT2D eigenvalue weighted by Gasteiger charge is -2.41. The molecule has 2 aliphatic heterocycles. The number of likely N-dealkylation sites (N-methyl/N-ethyl adjacent to an activating group) is 1. The Morgan fingerprint density at radius 1 is 1.04 bits per heavy atom. The van der Waals surface area contributed by atoms with E-state index in [4.69, 9.17) is 0 Å². The van der Waals surface area contributed by atoms with Crippen molar-refractivity contribution in [3.63, 3.8) is 0 Å². The summed E-state index contributed by atoms with van der Waals surface area (Å²) in [6.07, 6.45) is 7.33. The molecule has 272 valence electrons. The van der Waals surface area contributed by atoms with Crippen LogP contribution in [0.1, 0.15) is 96.8 Å². The summed E-state index contributed by atoms with van der Waals surface area (Å²) in [5.74, 6) is -2.24. The normalized spacial score (nSPS) is 24.4. The number of carbonyl (C=O) groups excluding carboxylic acids is 5. The average Bonchev–Trinajstić information content (AvgIpc) is 3.46. The fourth-order valence-corrected chi connectivity index (χ4v) is 10.7. The number of hydrogen-bond donors (Lipinski definition) is 4. The largest absolute Gasteiger partial charge is 0.353 e. The van der Waals surface area contributed by atoms with Gasteiger partial charge in [-0.1, -0.05) is 66.2 Å². The number of nitrogens with one attached hydrogen (secondary N) is 4. The standard InChI is InChI=1S/C34H52N6O7S2/c1-6-22-12-16-40(26(22)29(42)36-23(18-21-10-11-21)27(41)30(43)35-5)31(44)28(33(2,3)4)37-32(45)38-34(14-8-7-9-15-34)20-39-19-24-25(13-17-48-24)49(39,46)47/h13,17,21-23,26,28H,6-12,14-16,18-20H2,1-5H3,(H,35,43)(H,36,42)(H2,37,38,45)/t22-,23?,26-,28+/m0/s1. The van der Waals surface area contributed by atoms with Gasteiger partial charge in [0.15, 0.2) is 0 Å². The monoisotopic (exact) mass is 720 g/mol. The number of likely N-dealkylation sites (tertiary alicyclic amines) is 1. The minimum atomic E-state index is -3.66. The molecule has 1 aromatic rings. The van der Waals surface area contributed by atoms with Gasteiger partial charge in [0.1, 0.15) is 12.1 Å². The van der Waals surface area contributed by atoms with Crippen LogP contribution >= 0.6 is 11.3 Å². The Labute approximate surface area is 293 Å². The first kappa shape index (κ1) is 37.2. The van der Waals surface area contributed by atoms with E-state index in [0.717, 1.165) is 37.0 Å². The molecule has 3 fully saturated rings. The van der Waals surface area contributed by atoms with Crippen molar-refractivity contribution in [1.82, 2.24) is 30.5 Å². The maximum Gasteiger partial charge on any atom is 0.315 e. The molecular formula is C34H52N6O7S2. The highest BCUT2D eigenvalue weighted by molar-refractivity contribution is 7.89. The Balaban J connectivity index is 1.32. The summed E-state index contributed by atoms with van der Waals surface area (Å²) in [4.78, 5) is 69.9. The lowest BCUT2D eigenvalue weighted by molar-refractivity contribution is -0.144. The predicted molar refractivity (Wildman–Crippen MR) is 185 cm³/mol. The molecule has 2 saturated carbocycles. The fourth-order valence-electron chi connectivity index (χ4n) is 7.65. The van der Waals surface area contributed by atoms with E-state index in [1.807, 2.05) is 27.7 Å². The lowest BCUT2D eigenvalue weighted by atomic mass is 9.81. The number of ketones is 1. The first-order chi connectivity index (χ1) is 23.1. The van der Waals surface area contributed by atoms with Crippen LogP contribution in [0.5, 0.6) is 0 Å². The molecule has 0 aromatic carbocycles. The van der Waals surface area contributed by atoms with E-state index in [9.17, 15) is 32.4 Å². The van der Waals surface area contributed by atoms with E-state index in [2.05, 4.69) is 21.3 Å². The number of rotatable bonds is 12. The summed E-state index contributed by atoms with van der Waals surface area (Å²) in [5, 5.41) is 13.0. The molecule has 4 aliphatic rings. The van der Waals surface area contributed by atoms with Gasteiger partial charge in [-0.3, -0.25) is 19.2 Å². The van der Waals surface area contributed by atoms with Gasteiger partial charge in [-0.15, -0.1) is 11.3 Å². The predicted octanol–water partition coefficient (Wildman–Crippen LogP) is 2.90. The van der Waals surface area contributed by atoms with Crippen LogP contribution in [-0.2, 0) is 35.7 Å². The van der Waals surface area contributed by atoms with Crippen LogP contribution < -0.4 is 21.3 Å². The molecule has 4 N–H and O–H groups in total. The summed E-state index contributed by atoms with van der Waals surface area (Å²) in [7, 11) is -2.29. The van der Waals surface area contributed by atoms with Crippen LogP contribution in [0.4, 0.5) is 4.79 Å². The second-order valence-electron chi connectivity index (χ2n) is 15.3. The molecule has 49 heavy (non-hydrogen) atoms. The quantitative estimate of drug-likeness (QED) is 0.240. The van der Waals surface area contributed by atoms with Crippen LogP contribution in [0, 0.1) is 17.3 Å². The third kappa shape index (κ3) is 8.14. The third-order valence-electron chi connectivity index (χ3n) is 10.6. The molecule has 4 atom stereocenters. The van der Waals surface area contributed by atoms with Crippen molar-refractivity contribution in [2.45, 2.75) is 127 Å². The Hall–Kier alpha value is -3.04. The van der Waals surface area contributed by atoms with E-state index in [1.165, 1.54) is 27.6 Å². The van der Waals surface area contributed by atoms with Crippen molar-refractivity contribution in [2.24, 2.45) is 17.3 Å². The number of thiophene rings is 1.